The first-order valence-corrected chi connectivity index (χ1v) is 14.5. The first kappa shape index (κ1) is 24.4. The van der Waals surface area contributed by atoms with Crippen LogP contribution in [0, 0.1) is 20.8 Å². The second-order valence-electron chi connectivity index (χ2n) is 10.9. The van der Waals surface area contributed by atoms with Crippen LogP contribution in [0.15, 0.2) is 30.3 Å². The molecule has 1 aliphatic heterocycles. The van der Waals surface area contributed by atoms with Crippen molar-refractivity contribution in [2.75, 3.05) is 7.11 Å². The van der Waals surface area contributed by atoms with Crippen molar-refractivity contribution in [3.63, 3.8) is 0 Å². The predicted octanol–water partition coefficient (Wildman–Crippen LogP) is 7.80. The van der Waals surface area contributed by atoms with Gasteiger partial charge in [-0.25, -0.2) is 0 Å². The van der Waals surface area contributed by atoms with E-state index in [4.69, 9.17) is 13.9 Å². The second-order valence-corrected chi connectivity index (χ2v) is 15.7. The minimum Gasteiger partial charge on any atom is -0.543 e. The van der Waals surface area contributed by atoms with Gasteiger partial charge in [0.1, 0.15) is 22.8 Å². The zero-order chi connectivity index (χ0) is 23.9. The van der Waals surface area contributed by atoms with E-state index in [1.165, 1.54) is 22.3 Å². The summed E-state index contributed by atoms with van der Waals surface area (Å²) < 4.78 is 18.5. The molecule has 0 radical (unpaired) electrons. The third kappa shape index (κ3) is 4.90. The van der Waals surface area contributed by atoms with Crippen LogP contribution >= 0.6 is 0 Å². The van der Waals surface area contributed by atoms with Gasteiger partial charge in [-0.2, -0.15) is 0 Å². The molecule has 1 aliphatic rings. The number of rotatable bonds is 6. The zero-order valence-electron chi connectivity index (χ0n) is 21.6. The van der Waals surface area contributed by atoms with E-state index in [2.05, 4.69) is 98.0 Å². The fraction of sp³-hybridized carbons (Fsp3) is 0.500. The van der Waals surface area contributed by atoms with Gasteiger partial charge in [0.25, 0.3) is 0 Å². The molecule has 1 heterocycles. The van der Waals surface area contributed by atoms with Gasteiger partial charge < -0.3 is 13.9 Å². The Labute approximate surface area is 195 Å². The second kappa shape index (κ2) is 8.62. The molecule has 2 aromatic carbocycles. The minimum absolute atomic E-state index is 0.171. The number of methoxy groups -OCH3 is 1. The van der Waals surface area contributed by atoms with Crippen molar-refractivity contribution in [2.24, 2.45) is 0 Å². The molecule has 2 aromatic rings. The number of hydrogen-bond acceptors (Lipinski definition) is 3. The standard InChI is InChI=1S/C28H40O3Si/c1-19-17-26(29-8)21(3)20(2)24(19)14-16-28(7)15-13-22-18-23(11-12-25(22)30-28)31-32(9,10)27(4,5)6/h11-13,15,17-18H,14,16H2,1-10H3. The Balaban J connectivity index is 1.76. The molecule has 3 rings (SSSR count). The van der Waals surface area contributed by atoms with E-state index >= 15 is 0 Å². The van der Waals surface area contributed by atoms with Crippen LogP contribution in [0.5, 0.6) is 17.2 Å². The van der Waals surface area contributed by atoms with Gasteiger partial charge in [0, 0.05) is 5.56 Å². The van der Waals surface area contributed by atoms with Crippen LogP contribution in [-0.4, -0.2) is 21.0 Å². The average molecular weight is 453 g/mol. The number of hydrogen-bond donors (Lipinski definition) is 0. The topological polar surface area (TPSA) is 27.7 Å². The molecule has 3 nitrogen and oxygen atoms in total. The molecule has 0 amide bonds. The lowest BCUT2D eigenvalue weighted by Gasteiger charge is -2.37. The molecule has 0 saturated heterocycles. The maximum Gasteiger partial charge on any atom is 0.250 e. The van der Waals surface area contributed by atoms with Gasteiger partial charge in [0.2, 0.25) is 8.32 Å². The minimum atomic E-state index is -1.87. The van der Waals surface area contributed by atoms with E-state index in [9.17, 15) is 0 Å². The quantitative estimate of drug-likeness (QED) is 0.418. The molecule has 174 valence electrons. The molecule has 0 aromatic heterocycles. The molecule has 4 heteroatoms. The highest BCUT2D eigenvalue weighted by Gasteiger charge is 2.39. The average Bonchev–Trinajstić information content (AvgIpc) is 2.69. The van der Waals surface area contributed by atoms with E-state index in [-0.39, 0.29) is 10.6 Å². The molecule has 0 N–H and O–H groups in total. The van der Waals surface area contributed by atoms with E-state index in [0.29, 0.717) is 0 Å². The molecule has 0 aliphatic carbocycles. The number of fused-ring (bicyclic) bond motifs is 1. The Hall–Kier alpha value is -2.20. The Bertz CT molecular complexity index is 1030. The summed E-state index contributed by atoms with van der Waals surface area (Å²) in [4.78, 5) is 0. The van der Waals surface area contributed by atoms with Crippen molar-refractivity contribution in [2.45, 2.75) is 85.0 Å². The van der Waals surface area contributed by atoms with Crippen LogP contribution in [0.3, 0.4) is 0 Å². The van der Waals surface area contributed by atoms with Crippen molar-refractivity contribution in [3.05, 3.63) is 58.2 Å². The molecule has 32 heavy (non-hydrogen) atoms. The number of benzene rings is 2. The summed E-state index contributed by atoms with van der Waals surface area (Å²) in [5, 5.41) is 0.171. The third-order valence-corrected chi connectivity index (χ3v) is 11.8. The lowest BCUT2D eigenvalue weighted by Crippen LogP contribution is -2.43. The van der Waals surface area contributed by atoms with Crippen molar-refractivity contribution in [3.8, 4) is 17.2 Å². The maximum atomic E-state index is 6.49. The molecular formula is C28H40O3Si. The van der Waals surface area contributed by atoms with E-state index < -0.39 is 8.32 Å². The van der Waals surface area contributed by atoms with Crippen molar-refractivity contribution in [1.82, 2.24) is 0 Å². The predicted molar refractivity (Wildman–Crippen MR) is 138 cm³/mol. The SMILES string of the molecule is COc1cc(C)c(CCC2(C)C=Cc3cc(O[Si](C)(C)C(C)(C)C)ccc3O2)c(C)c1C. The summed E-state index contributed by atoms with van der Waals surface area (Å²) in [5.74, 6) is 2.83. The van der Waals surface area contributed by atoms with E-state index in [1.54, 1.807) is 7.11 Å². The van der Waals surface area contributed by atoms with Crippen LogP contribution in [0.25, 0.3) is 6.08 Å². The van der Waals surface area contributed by atoms with Crippen LogP contribution in [-0.2, 0) is 6.42 Å². The first-order valence-electron chi connectivity index (χ1n) is 11.6. The van der Waals surface area contributed by atoms with Gasteiger partial charge in [0.05, 0.1) is 7.11 Å². The molecular weight excluding hydrogens is 412 g/mol. The van der Waals surface area contributed by atoms with Crippen molar-refractivity contribution in [1.29, 1.82) is 0 Å². The normalized spacial score (nSPS) is 18.2. The molecule has 0 spiro atoms. The van der Waals surface area contributed by atoms with Gasteiger partial charge in [0.15, 0.2) is 0 Å². The smallest absolute Gasteiger partial charge is 0.250 e. The van der Waals surface area contributed by atoms with Gasteiger partial charge >= 0.3 is 0 Å². The summed E-state index contributed by atoms with van der Waals surface area (Å²) in [6.07, 6.45) is 6.27. The lowest BCUT2D eigenvalue weighted by molar-refractivity contribution is 0.128. The third-order valence-electron chi connectivity index (χ3n) is 7.42. The molecule has 0 saturated carbocycles. The molecule has 0 fully saturated rings. The van der Waals surface area contributed by atoms with Crippen LogP contribution < -0.4 is 13.9 Å². The fourth-order valence-corrected chi connectivity index (χ4v) is 5.04. The summed E-state index contributed by atoms with van der Waals surface area (Å²) >= 11 is 0. The summed E-state index contributed by atoms with van der Waals surface area (Å²) in [6, 6.07) is 8.39. The van der Waals surface area contributed by atoms with Crippen molar-refractivity contribution >= 4 is 14.4 Å². The number of ether oxygens (including phenoxy) is 2. The highest BCUT2D eigenvalue weighted by molar-refractivity contribution is 6.74. The molecule has 1 unspecified atom stereocenters. The Morgan fingerprint density at radius 3 is 2.34 bits per heavy atom. The van der Waals surface area contributed by atoms with Crippen LogP contribution in [0.2, 0.25) is 18.1 Å². The fourth-order valence-electron chi connectivity index (χ4n) is 4.02. The zero-order valence-corrected chi connectivity index (χ0v) is 22.6. The molecule has 1 atom stereocenters. The van der Waals surface area contributed by atoms with Gasteiger partial charge in [-0.1, -0.05) is 26.8 Å². The first-order chi connectivity index (χ1) is 14.8. The van der Waals surface area contributed by atoms with Crippen molar-refractivity contribution < 1.29 is 13.9 Å². The Morgan fingerprint density at radius 2 is 1.72 bits per heavy atom. The maximum absolute atomic E-state index is 6.49. The summed E-state index contributed by atoms with van der Waals surface area (Å²) in [5.41, 5.74) is 5.97. The number of aryl methyl sites for hydroxylation is 1. The van der Waals surface area contributed by atoms with Gasteiger partial charge in [-0.3, -0.25) is 0 Å². The highest BCUT2D eigenvalue weighted by Crippen LogP contribution is 2.40. The van der Waals surface area contributed by atoms with Gasteiger partial charge in [-0.05, 0) is 111 Å². The van der Waals surface area contributed by atoms with E-state index in [0.717, 1.165) is 35.7 Å². The Kier molecular flexibility index (Phi) is 6.59. The van der Waals surface area contributed by atoms with Crippen LogP contribution in [0.4, 0.5) is 0 Å². The Morgan fingerprint density at radius 1 is 1.03 bits per heavy atom. The lowest BCUT2D eigenvalue weighted by atomic mass is 9.88. The largest absolute Gasteiger partial charge is 0.543 e. The summed E-state index contributed by atoms with van der Waals surface area (Å²) in [6.45, 7) is 20.0. The van der Waals surface area contributed by atoms with Crippen LogP contribution in [0.1, 0.15) is 61.9 Å². The molecule has 0 bridgehead atoms. The summed E-state index contributed by atoms with van der Waals surface area (Å²) in [7, 11) is -0.127. The monoisotopic (exact) mass is 452 g/mol. The van der Waals surface area contributed by atoms with E-state index in [1.807, 2.05) is 0 Å². The highest BCUT2D eigenvalue weighted by atomic mass is 28.4. The van der Waals surface area contributed by atoms with Gasteiger partial charge in [-0.15, -0.1) is 0 Å².